The van der Waals surface area contributed by atoms with Crippen LogP contribution in [0.3, 0.4) is 0 Å². The molecule has 1 atom stereocenters. The maximum atomic E-state index is 4.66. The lowest BCUT2D eigenvalue weighted by molar-refractivity contribution is 0.590. The normalized spacial score (nSPS) is 12.6. The highest BCUT2D eigenvalue weighted by molar-refractivity contribution is 7.12. The maximum absolute atomic E-state index is 4.66. The molecule has 2 aromatic rings. The summed E-state index contributed by atoms with van der Waals surface area (Å²) in [5, 5.41) is 3.62. The molecule has 0 aromatic carbocycles. The molecule has 19 heavy (non-hydrogen) atoms. The van der Waals surface area contributed by atoms with Crippen LogP contribution in [-0.4, -0.2) is 11.5 Å². The van der Waals surface area contributed by atoms with Crippen LogP contribution in [0.15, 0.2) is 24.4 Å². The molecule has 1 unspecified atom stereocenters. The Kier molecular flexibility index (Phi) is 4.72. The van der Waals surface area contributed by atoms with Crippen molar-refractivity contribution in [3.63, 3.8) is 0 Å². The molecule has 0 spiro atoms. The molecule has 0 aliphatic carbocycles. The molecule has 1 N–H and O–H groups in total. The van der Waals surface area contributed by atoms with Crippen LogP contribution in [0.5, 0.6) is 0 Å². The first kappa shape index (κ1) is 14.2. The fourth-order valence-corrected chi connectivity index (χ4v) is 3.21. The molecule has 2 aromatic heterocycles. The second-order valence-corrected chi connectivity index (χ2v) is 6.37. The summed E-state index contributed by atoms with van der Waals surface area (Å²) in [6.45, 7) is 9.60. The van der Waals surface area contributed by atoms with Crippen molar-refractivity contribution in [2.75, 3.05) is 6.54 Å². The Morgan fingerprint density at radius 1 is 1.26 bits per heavy atom. The van der Waals surface area contributed by atoms with E-state index in [9.17, 15) is 0 Å². The van der Waals surface area contributed by atoms with Crippen molar-refractivity contribution >= 4 is 11.3 Å². The van der Waals surface area contributed by atoms with Gasteiger partial charge in [0.25, 0.3) is 0 Å². The zero-order valence-electron chi connectivity index (χ0n) is 12.2. The van der Waals surface area contributed by atoms with Gasteiger partial charge in [-0.15, -0.1) is 11.3 Å². The summed E-state index contributed by atoms with van der Waals surface area (Å²) in [6.07, 6.45) is 3.09. The summed E-state index contributed by atoms with van der Waals surface area (Å²) in [7, 11) is 0. The van der Waals surface area contributed by atoms with Gasteiger partial charge < -0.3 is 5.32 Å². The van der Waals surface area contributed by atoms with Gasteiger partial charge in [-0.25, -0.2) is 0 Å². The van der Waals surface area contributed by atoms with Crippen molar-refractivity contribution in [3.8, 4) is 0 Å². The first-order valence-corrected chi connectivity index (χ1v) is 7.66. The lowest BCUT2D eigenvalue weighted by atomic mass is 10.0. The summed E-state index contributed by atoms with van der Waals surface area (Å²) >= 11 is 1.85. The number of rotatable bonds is 5. The van der Waals surface area contributed by atoms with Crippen molar-refractivity contribution < 1.29 is 0 Å². The summed E-state index contributed by atoms with van der Waals surface area (Å²) in [6, 6.07) is 6.83. The van der Waals surface area contributed by atoms with Crippen LogP contribution in [-0.2, 0) is 0 Å². The number of aromatic nitrogens is 1. The predicted octanol–water partition coefficient (Wildman–Crippen LogP) is 4.16. The Hall–Kier alpha value is -1.19. The van der Waals surface area contributed by atoms with Gasteiger partial charge in [0, 0.05) is 16.0 Å². The zero-order valence-corrected chi connectivity index (χ0v) is 13.0. The number of hydrogen-bond acceptors (Lipinski definition) is 3. The lowest BCUT2D eigenvalue weighted by Gasteiger charge is -2.19. The average molecular weight is 274 g/mol. The lowest BCUT2D eigenvalue weighted by Crippen LogP contribution is -2.24. The van der Waals surface area contributed by atoms with Gasteiger partial charge in [0.15, 0.2) is 0 Å². The Bertz CT molecular complexity index is 545. The van der Waals surface area contributed by atoms with E-state index in [0.29, 0.717) is 0 Å². The summed E-state index contributed by atoms with van der Waals surface area (Å²) in [5.41, 5.74) is 3.64. The van der Waals surface area contributed by atoms with E-state index in [1.807, 2.05) is 17.5 Å². The minimum Gasteiger partial charge on any atom is -0.304 e. The quantitative estimate of drug-likeness (QED) is 0.885. The van der Waals surface area contributed by atoms with Gasteiger partial charge in [0.05, 0.1) is 11.7 Å². The molecule has 0 radical (unpaired) electrons. The molecule has 0 amide bonds. The number of thiophene rings is 1. The van der Waals surface area contributed by atoms with Crippen LogP contribution in [0.25, 0.3) is 0 Å². The molecular weight excluding hydrogens is 252 g/mol. The molecule has 0 saturated carbocycles. The standard InChI is InChI=1S/C16H22N2S/c1-5-8-17-16(14-7-6-13(4)19-14)15-12(3)9-11(2)10-18-15/h6-7,9-10,16-17H,5,8H2,1-4H3. The number of aryl methyl sites for hydroxylation is 3. The van der Waals surface area contributed by atoms with Gasteiger partial charge >= 0.3 is 0 Å². The second-order valence-electron chi connectivity index (χ2n) is 5.05. The van der Waals surface area contributed by atoms with Crippen molar-refractivity contribution in [1.29, 1.82) is 0 Å². The van der Waals surface area contributed by atoms with E-state index in [1.54, 1.807) is 0 Å². The molecular formula is C16H22N2S. The topological polar surface area (TPSA) is 24.9 Å². The van der Waals surface area contributed by atoms with Gasteiger partial charge in [0.1, 0.15) is 0 Å². The van der Waals surface area contributed by atoms with Gasteiger partial charge in [-0.2, -0.15) is 0 Å². The number of nitrogens with zero attached hydrogens (tertiary/aromatic N) is 1. The van der Waals surface area contributed by atoms with Crippen LogP contribution < -0.4 is 5.32 Å². The highest BCUT2D eigenvalue weighted by atomic mass is 32.1. The smallest absolute Gasteiger partial charge is 0.0847 e. The first-order chi connectivity index (χ1) is 9.11. The molecule has 0 aliphatic heterocycles. The van der Waals surface area contributed by atoms with E-state index >= 15 is 0 Å². The Morgan fingerprint density at radius 2 is 2.05 bits per heavy atom. The monoisotopic (exact) mass is 274 g/mol. The number of pyridine rings is 1. The minimum atomic E-state index is 0.222. The Labute approximate surface area is 119 Å². The van der Waals surface area contributed by atoms with Crippen LogP contribution in [0.1, 0.15) is 46.0 Å². The van der Waals surface area contributed by atoms with Crippen molar-refractivity contribution in [1.82, 2.24) is 10.3 Å². The van der Waals surface area contributed by atoms with Gasteiger partial charge in [-0.3, -0.25) is 4.98 Å². The third-order valence-corrected chi connectivity index (χ3v) is 4.24. The summed E-state index contributed by atoms with van der Waals surface area (Å²) in [5.74, 6) is 0. The average Bonchev–Trinajstić information content (AvgIpc) is 2.78. The highest BCUT2D eigenvalue weighted by Gasteiger charge is 2.18. The molecule has 3 heteroatoms. The largest absolute Gasteiger partial charge is 0.304 e. The third-order valence-electron chi connectivity index (χ3n) is 3.17. The minimum absolute atomic E-state index is 0.222. The van der Waals surface area contributed by atoms with Crippen molar-refractivity contribution in [2.24, 2.45) is 0 Å². The molecule has 102 valence electrons. The molecule has 0 saturated heterocycles. The fourth-order valence-electron chi connectivity index (χ4n) is 2.26. The van der Waals surface area contributed by atoms with Gasteiger partial charge in [-0.05, 0) is 57.0 Å². The molecule has 0 bridgehead atoms. The molecule has 2 rings (SSSR count). The fraction of sp³-hybridized carbons (Fsp3) is 0.438. The Balaban J connectivity index is 2.36. The molecule has 0 aliphatic rings. The van der Waals surface area contributed by atoms with E-state index in [2.05, 4.69) is 56.2 Å². The highest BCUT2D eigenvalue weighted by Crippen LogP contribution is 2.29. The van der Waals surface area contributed by atoms with Crippen LogP contribution in [0, 0.1) is 20.8 Å². The van der Waals surface area contributed by atoms with Crippen LogP contribution >= 0.6 is 11.3 Å². The summed E-state index contributed by atoms with van der Waals surface area (Å²) in [4.78, 5) is 7.36. The van der Waals surface area contributed by atoms with Gasteiger partial charge in [-0.1, -0.05) is 13.0 Å². The number of hydrogen-bond donors (Lipinski definition) is 1. The Morgan fingerprint density at radius 3 is 2.63 bits per heavy atom. The predicted molar refractivity (Wildman–Crippen MR) is 82.9 cm³/mol. The van der Waals surface area contributed by atoms with E-state index in [4.69, 9.17) is 0 Å². The molecule has 2 heterocycles. The van der Waals surface area contributed by atoms with E-state index in [0.717, 1.165) is 18.7 Å². The first-order valence-electron chi connectivity index (χ1n) is 6.84. The van der Waals surface area contributed by atoms with Crippen LogP contribution in [0.2, 0.25) is 0 Å². The SMILES string of the molecule is CCCNC(c1ccc(C)s1)c1ncc(C)cc1C. The molecule has 2 nitrogen and oxygen atoms in total. The molecule has 0 fully saturated rings. The maximum Gasteiger partial charge on any atom is 0.0847 e. The van der Waals surface area contributed by atoms with E-state index in [-0.39, 0.29) is 6.04 Å². The van der Waals surface area contributed by atoms with Crippen molar-refractivity contribution in [2.45, 2.75) is 40.2 Å². The van der Waals surface area contributed by atoms with Crippen molar-refractivity contribution in [3.05, 3.63) is 51.0 Å². The third kappa shape index (κ3) is 3.43. The second kappa shape index (κ2) is 6.31. The van der Waals surface area contributed by atoms with E-state index in [1.165, 1.54) is 20.9 Å². The zero-order chi connectivity index (χ0) is 13.8. The summed E-state index contributed by atoms with van der Waals surface area (Å²) < 4.78 is 0. The van der Waals surface area contributed by atoms with E-state index < -0.39 is 0 Å². The van der Waals surface area contributed by atoms with Gasteiger partial charge in [0.2, 0.25) is 0 Å². The number of nitrogens with one attached hydrogen (secondary N) is 1. The van der Waals surface area contributed by atoms with Crippen LogP contribution in [0.4, 0.5) is 0 Å².